The second-order valence-corrected chi connectivity index (χ2v) is 9.87. The summed E-state index contributed by atoms with van der Waals surface area (Å²) >= 11 is 9.36. The fourth-order valence-corrected chi connectivity index (χ4v) is 5.10. The van der Waals surface area contributed by atoms with Gasteiger partial charge in [-0.1, -0.05) is 27.5 Å². The minimum atomic E-state index is -0.914. The number of nitrogens with one attached hydrogen (secondary N) is 1. The Morgan fingerprint density at radius 3 is 2.85 bits per heavy atom. The second kappa shape index (κ2) is 8.66. The van der Waals surface area contributed by atoms with Crippen LogP contribution in [-0.4, -0.2) is 43.5 Å². The van der Waals surface area contributed by atoms with Crippen molar-refractivity contribution < 1.29 is 19.1 Å². The number of carbonyl (C=O) groups excluding carboxylic acids is 2. The number of hydrogen-bond donors (Lipinski definition) is 2. The molecule has 2 aliphatic rings. The summed E-state index contributed by atoms with van der Waals surface area (Å²) in [6, 6.07) is 6.44. The lowest BCUT2D eigenvalue weighted by Crippen LogP contribution is -2.46. The zero-order chi connectivity index (χ0) is 24.1. The van der Waals surface area contributed by atoms with Gasteiger partial charge in [-0.2, -0.15) is 0 Å². The first-order chi connectivity index (χ1) is 16.2. The van der Waals surface area contributed by atoms with Crippen molar-refractivity contribution in [2.75, 3.05) is 5.32 Å². The van der Waals surface area contributed by atoms with E-state index in [0.717, 1.165) is 23.0 Å². The van der Waals surface area contributed by atoms with Crippen LogP contribution in [0.1, 0.15) is 19.3 Å². The number of likely N-dealkylation sites (tertiary alicyclic amines) is 1. The predicted molar refractivity (Wildman–Crippen MR) is 127 cm³/mol. The number of carbonyl (C=O) groups is 2. The van der Waals surface area contributed by atoms with Crippen molar-refractivity contribution in [3.8, 4) is 5.75 Å². The maximum atomic E-state index is 13.7. The van der Waals surface area contributed by atoms with E-state index in [4.69, 9.17) is 11.6 Å². The molecule has 1 aromatic heterocycles. The molecule has 2 fully saturated rings. The topological polar surface area (TPSA) is 105 Å². The zero-order valence-electron chi connectivity index (χ0n) is 17.7. The van der Waals surface area contributed by atoms with E-state index in [-0.39, 0.29) is 47.1 Å². The molecule has 1 aliphatic carbocycles. The number of benzene rings is 2. The van der Waals surface area contributed by atoms with Crippen LogP contribution in [0.2, 0.25) is 5.02 Å². The van der Waals surface area contributed by atoms with Crippen LogP contribution in [0.3, 0.4) is 0 Å². The molecular formula is C23H19BrClFN4O4. The summed E-state index contributed by atoms with van der Waals surface area (Å²) in [4.78, 5) is 44.7. The number of aryl methyl sites for hydroxylation is 1. The van der Waals surface area contributed by atoms with Gasteiger partial charge in [0.25, 0.3) is 5.56 Å². The van der Waals surface area contributed by atoms with Crippen molar-refractivity contribution in [2.45, 2.75) is 37.9 Å². The molecule has 34 heavy (non-hydrogen) atoms. The van der Waals surface area contributed by atoms with Crippen LogP contribution in [0, 0.1) is 11.7 Å². The molecule has 1 saturated heterocycles. The van der Waals surface area contributed by atoms with E-state index in [9.17, 15) is 23.9 Å². The molecule has 2 amide bonds. The normalized spacial score (nSPS) is 20.9. The lowest BCUT2D eigenvalue weighted by Gasteiger charge is -2.27. The second-order valence-electron chi connectivity index (χ2n) is 8.54. The smallest absolute Gasteiger partial charge is 0.261 e. The molecular weight excluding hydrogens is 531 g/mol. The highest BCUT2D eigenvalue weighted by molar-refractivity contribution is 9.10. The number of nitrogens with zero attached hydrogens (tertiary/aromatic N) is 3. The van der Waals surface area contributed by atoms with Crippen LogP contribution in [0.5, 0.6) is 5.75 Å². The number of rotatable bonds is 5. The van der Waals surface area contributed by atoms with Crippen LogP contribution in [0.4, 0.5) is 10.1 Å². The number of fused-ring (bicyclic) bond motifs is 2. The molecule has 0 radical (unpaired) electrons. The monoisotopic (exact) mass is 548 g/mol. The maximum Gasteiger partial charge on any atom is 0.261 e. The molecule has 2 aromatic carbocycles. The summed E-state index contributed by atoms with van der Waals surface area (Å²) in [5, 5.41) is 12.4. The van der Waals surface area contributed by atoms with Crippen molar-refractivity contribution in [2.24, 2.45) is 5.92 Å². The van der Waals surface area contributed by atoms with Crippen molar-refractivity contribution in [1.29, 1.82) is 0 Å². The van der Waals surface area contributed by atoms with Crippen LogP contribution in [0.15, 0.2) is 45.9 Å². The van der Waals surface area contributed by atoms with E-state index >= 15 is 0 Å². The quantitative estimate of drug-likeness (QED) is 0.473. The van der Waals surface area contributed by atoms with Crippen molar-refractivity contribution in [3.05, 3.63) is 62.3 Å². The largest absolute Gasteiger partial charge is 0.505 e. The van der Waals surface area contributed by atoms with Crippen LogP contribution >= 0.6 is 27.5 Å². The Hall–Kier alpha value is -2.98. The first-order valence-corrected chi connectivity index (χ1v) is 11.8. The number of anilines is 1. The van der Waals surface area contributed by atoms with E-state index in [0.29, 0.717) is 17.3 Å². The fraction of sp³-hybridized carbons (Fsp3) is 0.304. The average Bonchev–Trinajstić information content (AvgIpc) is 3.46. The van der Waals surface area contributed by atoms with E-state index in [1.807, 2.05) is 0 Å². The number of aromatic hydroxyl groups is 1. The molecule has 0 spiro atoms. The van der Waals surface area contributed by atoms with E-state index < -0.39 is 23.5 Å². The molecule has 11 heteroatoms. The van der Waals surface area contributed by atoms with Gasteiger partial charge in [0.15, 0.2) is 11.6 Å². The number of aromatic nitrogens is 2. The van der Waals surface area contributed by atoms with Gasteiger partial charge in [0, 0.05) is 35.6 Å². The Bertz CT molecular complexity index is 1400. The molecule has 3 aromatic rings. The molecule has 176 valence electrons. The van der Waals surface area contributed by atoms with Gasteiger partial charge < -0.3 is 15.3 Å². The number of halogens is 3. The molecule has 0 unspecified atom stereocenters. The van der Waals surface area contributed by atoms with Gasteiger partial charge in [-0.15, -0.1) is 0 Å². The summed E-state index contributed by atoms with van der Waals surface area (Å²) in [6.45, 7) is 0.129. The SMILES string of the molecule is O=C(Nc1cc(F)c(O)cc1Cl)[C@H]1C[C@@H]2C[C@@H]2N1C(=O)CCn1cnc2ccc(Br)cc2c1=O. The number of piperidine rings is 1. The fourth-order valence-electron chi connectivity index (χ4n) is 4.53. The van der Waals surface area contributed by atoms with Gasteiger partial charge in [0.2, 0.25) is 11.8 Å². The molecule has 2 heterocycles. The molecule has 5 rings (SSSR count). The van der Waals surface area contributed by atoms with E-state index in [1.165, 1.54) is 10.9 Å². The maximum absolute atomic E-state index is 13.7. The van der Waals surface area contributed by atoms with Gasteiger partial charge in [-0.05, 0) is 37.0 Å². The summed E-state index contributed by atoms with van der Waals surface area (Å²) in [6.07, 6.45) is 2.78. The third kappa shape index (κ3) is 4.16. The van der Waals surface area contributed by atoms with Gasteiger partial charge in [0.1, 0.15) is 6.04 Å². The minimum Gasteiger partial charge on any atom is -0.505 e. The standard InChI is InChI=1S/C23H19BrClFN4O4/c24-12-1-2-16-13(7-12)23(34)29(10-27-16)4-3-21(32)30-18-5-11(18)6-19(30)22(33)28-17-9-15(26)20(31)8-14(17)25/h1-2,7-11,18-19,31H,3-6H2,(H,28,33)/t11-,18-,19+/m0/s1. The Balaban J connectivity index is 1.30. The Morgan fingerprint density at radius 2 is 2.06 bits per heavy atom. The molecule has 0 bridgehead atoms. The number of phenols is 1. The van der Waals surface area contributed by atoms with Gasteiger partial charge in [-0.25, -0.2) is 9.37 Å². The Kier molecular flexibility index (Phi) is 5.81. The highest BCUT2D eigenvalue weighted by atomic mass is 79.9. The van der Waals surface area contributed by atoms with E-state index in [1.54, 1.807) is 23.1 Å². The Labute approximate surface area is 206 Å². The summed E-state index contributed by atoms with van der Waals surface area (Å²) in [5.74, 6) is -2.00. The third-order valence-electron chi connectivity index (χ3n) is 6.34. The van der Waals surface area contributed by atoms with Gasteiger partial charge in [0.05, 0.1) is 27.9 Å². The minimum absolute atomic E-state index is 0.0110. The van der Waals surface area contributed by atoms with Gasteiger partial charge >= 0.3 is 0 Å². The molecule has 1 aliphatic heterocycles. The molecule has 1 saturated carbocycles. The van der Waals surface area contributed by atoms with Crippen molar-refractivity contribution in [1.82, 2.24) is 14.5 Å². The molecule has 8 nitrogen and oxygen atoms in total. The highest BCUT2D eigenvalue weighted by Crippen LogP contribution is 2.48. The van der Waals surface area contributed by atoms with Crippen molar-refractivity contribution >= 4 is 55.9 Å². The van der Waals surface area contributed by atoms with Crippen LogP contribution in [0.25, 0.3) is 10.9 Å². The number of amides is 2. The van der Waals surface area contributed by atoms with Crippen LogP contribution < -0.4 is 10.9 Å². The average molecular weight is 550 g/mol. The zero-order valence-corrected chi connectivity index (χ0v) is 20.0. The Morgan fingerprint density at radius 1 is 1.26 bits per heavy atom. The summed E-state index contributed by atoms with van der Waals surface area (Å²) in [5.41, 5.74) is 0.343. The lowest BCUT2D eigenvalue weighted by molar-refractivity contribution is -0.138. The lowest BCUT2D eigenvalue weighted by atomic mass is 10.1. The van der Waals surface area contributed by atoms with E-state index in [2.05, 4.69) is 26.2 Å². The number of hydrogen-bond acceptors (Lipinski definition) is 5. The third-order valence-corrected chi connectivity index (χ3v) is 7.15. The van der Waals surface area contributed by atoms with Crippen LogP contribution in [-0.2, 0) is 16.1 Å². The number of phenolic OH excluding ortho intramolecular Hbond substituents is 1. The summed E-state index contributed by atoms with van der Waals surface area (Å²) < 4.78 is 15.9. The predicted octanol–water partition coefficient (Wildman–Crippen LogP) is 3.68. The van der Waals surface area contributed by atoms with Gasteiger partial charge in [-0.3, -0.25) is 19.0 Å². The first kappa shape index (κ1) is 22.8. The first-order valence-electron chi connectivity index (χ1n) is 10.7. The molecule has 3 atom stereocenters. The summed E-state index contributed by atoms with van der Waals surface area (Å²) in [7, 11) is 0. The van der Waals surface area contributed by atoms with Crippen molar-refractivity contribution in [3.63, 3.8) is 0 Å². The molecule has 2 N–H and O–H groups in total. The highest BCUT2D eigenvalue weighted by Gasteiger charge is 2.55.